The summed E-state index contributed by atoms with van der Waals surface area (Å²) in [6.45, 7) is 14.9. The van der Waals surface area contributed by atoms with Gasteiger partial charge in [0.2, 0.25) is 5.91 Å². The number of urea groups is 1. The fourth-order valence-corrected chi connectivity index (χ4v) is 8.36. The van der Waals surface area contributed by atoms with Gasteiger partial charge in [0.1, 0.15) is 0 Å². The molecule has 0 aliphatic carbocycles. The number of aryl methyl sites for hydroxylation is 2. The van der Waals surface area contributed by atoms with Crippen molar-refractivity contribution in [1.82, 2.24) is 20.5 Å². The molecule has 3 aliphatic rings. The van der Waals surface area contributed by atoms with Gasteiger partial charge in [0.15, 0.2) is 0 Å². The second-order valence-corrected chi connectivity index (χ2v) is 15.1. The molecule has 3 saturated heterocycles. The molecule has 3 aromatic carbocycles. The van der Waals surface area contributed by atoms with Gasteiger partial charge in [-0.3, -0.25) is 29.5 Å². The number of hydrogen-bond acceptors (Lipinski definition) is 8. The Labute approximate surface area is 328 Å². The van der Waals surface area contributed by atoms with Crippen molar-refractivity contribution in [1.29, 1.82) is 0 Å². The highest BCUT2D eigenvalue weighted by Crippen LogP contribution is 2.35. The number of H-pyrrole nitrogens is 1. The van der Waals surface area contributed by atoms with Gasteiger partial charge in [-0.2, -0.15) is 0 Å². The minimum absolute atomic E-state index is 0.142. The summed E-state index contributed by atoms with van der Waals surface area (Å²) in [7, 11) is 0. The molecular weight excluding hydrogens is 707 g/mol. The highest BCUT2D eigenvalue weighted by atomic mass is 16.5. The van der Waals surface area contributed by atoms with Crippen LogP contribution in [0, 0.1) is 20.8 Å². The summed E-state index contributed by atoms with van der Waals surface area (Å²) < 4.78 is 5.69. The normalized spacial score (nSPS) is 16.9. The number of aromatic nitrogens is 1. The molecule has 12 heteroatoms. The summed E-state index contributed by atoms with van der Waals surface area (Å²) in [6.07, 6.45) is 2.16. The fourth-order valence-electron chi connectivity index (χ4n) is 8.36. The molecule has 0 unspecified atom stereocenters. The lowest BCUT2D eigenvalue weighted by Gasteiger charge is -2.37. The Morgan fingerprint density at radius 2 is 1.62 bits per heavy atom. The largest absolute Gasteiger partial charge is 0.381 e. The molecule has 294 valence electrons. The number of carbonyl (C=O) groups excluding carboxylic acids is 3. The average molecular weight is 760 g/mol. The third kappa shape index (κ3) is 8.51. The van der Waals surface area contributed by atoms with Crippen LogP contribution in [0.25, 0.3) is 11.1 Å². The summed E-state index contributed by atoms with van der Waals surface area (Å²) in [6, 6.07) is 22.6. The van der Waals surface area contributed by atoms with Crippen LogP contribution >= 0.6 is 0 Å². The molecule has 4 heterocycles. The third-order valence-corrected chi connectivity index (χ3v) is 11.5. The summed E-state index contributed by atoms with van der Waals surface area (Å²) in [5, 5.41) is 5.49. The number of ether oxygens (including phenoxy) is 1. The van der Waals surface area contributed by atoms with E-state index >= 15 is 0 Å². The van der Waals surface area contributed by atoms with Crippen molar-refractivity contribution < 1.29 is 19.1 Å². The topological polar surface area (TPSA) is 130 Å². The quantitative estimate of drug-likeness (QED) is 0.179. The zero-order valence-corrected chi connectivity index (χ0v) is 33.0. The maximum Gasteiger partial charge on any atom is 0.328 e. The molecule has 4 aromatic rings. The summed E-state index contributed by atoms with van der Waals surface area (Å²) in [5.41, 5.74) is 9.63. The maximum absolute atomic E-state index is 14.0. The number of amides is 4. The number of carbonyl (C=O) groups is 3. The van der Waals surface area contributed by atoms with Crippen LogP contribution in [0.15, 0.2) is 71.5 Å². The van der Waals surface area contributed by atoms with E-state index in [-0.39, 0.29) is 29.9 Å². The molecule has 3 fully saturated rings. The molecule has 0 atom stereocenters. The van der Waals surface area contributed by atoms with E-state index in [2.05, 4.69) is 73.6 Å². The lowest BCUT2D eigenvalue weighted by Crippen LogP contribution is -2.50. The van der Waals surface area contributed by atoms with Gasteiger partial charge in [-0.15, -0.1) is 0 Å². The number of hydrogen-bond donors (Lipinski definition) is 3. The van der Waals surface area contributed by atoms with E-state index in [4.69, 9.17) is 4.74 Å². The Balaban J connectivity index is 1.08. The van der Waals surface area contributed by atoms with E-state index in [1.165, 1.54) is 0 Å². The Morgan fingerprint density at radius 3 is 2.32 bits per heavy atom. The van der Waals surface area contributed by atoms with Crippen LogP contribution in [-0.2, 0) is 22.6 Å². The lowest BCUT2D eigenvalue weighted by molar-refractivity contribution is -0.120. The molecule has 56 heavy (non-hydrogen) atoms. The van der Waals surface area contributed by atoms with Gasteiger partial charge in [0.25, 0.3) is 11.5 Å². The molecule has 0 spiro atoms. The first-order valence-corrected chi connectivity index (χ1v) is 19.8. The number of benzene rings is 3. The Morgan fingerprint density at radius 1 is 0.893 bits per heavy atom. The summed E-state index contributed by atoms with van der Waals surface area (Å²) >= 11 is 0. The van der Waals surface area contributed by atoms with Crippen LogP contribution in [0.4, 0.5) is 21.9 Å². The van der Waals surface area contributed by atoms with E-state index in [1.54, 1.807) is 4.90 Å². The number of pyridine rings is 1. The van der Waals surface area contributed by atoms with Crippen molar-refractivity contribution >= 4 is 34.9 Å². The second-order valence-electron chi connectivity index (χ2n) is 15.1. The van der Waals surface area contributed by atoms with Crippen LogP contribution in [0.3, 0.4) is 0 Å². The summed E-state index contributed by atoms with van der Waals surface area (Å²) in [5.74, 6) is -0.443. The van der Waals surface area contributed by atoms with Crippen LogP contribution in [0.1, 0.15) is 64.5 Å². The molecule has 7 rings (SSSR count). The Hall–Kier alpha value is -5.46. The van der Waals surface area contributed by atoms with E-state index in [1.807, 2.05) is 51.1 Å². The van der Waals surface area contributed by atoms with Crippen molar-refractivity contribution in [3.05, 3.63) is 111 Å². The predicted molar refractivity (Wildman–Crippen MR) is 221 cm³/mol. The van der Waals surface area contributed by atoms with Crippen LogP contribution < -0.4 is 30.9 Å². The van der Waals surface area contributed by atoms with Gasteiger partial charge < -0.3 is 24.8 Å². The fraction of sp³-hybridized carbons (Fsp3) is 0.409. The number of aromatic amines is 1. The first kappa shape index (κ1) is 38.8. The minimum Gasteiger partial charge on any atom is -0.381 e. The predicted octanol–water partition coefficient (Wildman–Crippen LogP) is 5.67. The number of para-hydroxylation sites is 1. The van der Waals surface area contributed by atoms with E-state index in [0.717, 1.165) is 116 Å². The van der Waals surface area contributed by atoms with Gasteiger partial charge in [-0.25, -0.2) is 4.79 Å². The Kier molecular flexibility index (Phi) is 11.9. The monoisotopic (exact) mass is 759 g/mol. The average Bonchev–Trinajstić information content (AvgIpc) is 3.19. The molecule has 0 radical (unpaired) electrons. The Bertz CT molecular complexity index is 2130. The van der Waals surface area contributed by atoms with Gasteiger partial charge >= 0.3 is 6.03 Å². The van der Waals surface area contributed by atoms with Gasteiger partial charge in [0.05, 0.1) is 0 Å². The smallest absolute Gasteiger partial charge is 0.328 e. The SMILES string of the molecule is CCN(c1cc(-c2ccc(N3CCN(Cc4ccccc4N4CCC(=O)NC4=O)CC3)cc2)cc(C(=O)NCc2c(C)cc(C)[nH]c2=O)c1C)C1CCOCC1. The standard InChI is InChI=1S/C44H53N7O5/c1-5-50(36-15-22-56-23-16-36)40-26-34(25-37(31(40)4)42(53)45-27-38-29(2)24-30(3)46-43(38)54)32-10-12-35(13-11-32)49-20-18-48(19-21-49)28-33-8-6-7-9-39(33)51-17-14-41(52)47-44(51)55/h6-13,24-26,36H,5,14-23,27-28H2,1-4H3,(H,45,53)(H,46,54)(H,47,52,55). The van der Waals surface area contributed by atoms with Crippen molar-refractivity contribution in [3.63, 3.8) is 0 Å². The number of nitrogens with zero attached hydrogens (tertiary/aromatic N) is 4. The van der Waals surface area contributed by atoms with E-state index < -0.39 is 0 Å². The van der Waals surface area contributed by atoms with Crippen LogP contribution in [-0.4, -0.2) is 86.3 Å². The zero-order chi connectivity index (χ0) is 39.3. The maximum atomic E-state index is 14.0. The molecule has 12 nitrogen and oxygen atoms in total. The number of nitrogens with one attached hydrogen (secondary N) is 3. The zero-order valence-electron chi connectivity index (χ0n) is 33.0. The van der Waals surface area contributed by atoms with Gasteiger partial charge in [-0.1, -0.05) is 30.3 Å². The van der Waals surface area contributed by atoms with E-state index in [0.29, 0.717) is 30.1 Å². The van der Waals surface area contributed by atoms with Crippen molar-refractivity contribution in [2.24, 2.45) is 0 Å². The molecule has 4 amide bonds. The first-order chi connectivity index (χ1) is 27.1. The van der Waals surface area contributed by atoms with Crippen molar-refractivity contribution in [2.75, 3.05) is 67.2 Å². The molecule has 3 aliphatic heterocycles. The van der Waals surface area contributed by atoms with Gasteiger partial charge in [0, 0.05) is 112 Å². The molecule has 3 N–H and O–H groups in total. The highest BCUT2D eigenvalue weighted by molar-refractivity contribution is 6.06. The highest BCUT2D eigenvalue weighted by Gasteiger charge is 2.28. The third-order valence-electron chi connectivity index (χ3n) is 11.5. The number of imide groups is 1. The van der Waals surface area contributed by atoms with Crippen molar-refractivity contribution in [2.45, 2.75) is 66.1 Å². The van der Waals surface area contributed by atoms with Crippen LogP contribution in [0.5, 0.6) is 0 Å². The number of piperazine rings is 1. The van der Waals surface area contributed by atoms with Crippen LogP contribution in [0.2, 0.25) is 0 Å². The number of anilines is 3. The first-order valence-electron chi connectivity index (χ1n) is 19.8. The lowest BCUT2D eigenvalue weighted by atomic mass is 9.95. The summed E-state index contributed by atoms with van der Waals surface area (Å²) in [4.78, 5) is 62.8. The minimum atomic E-state index is -0.365. The van der Waals surface area contributed by atoms with Gasteiger partial charge in [-0.05, 0) is 105 Å². The van der Waals surface area contributed by atoms with Crippen molar-refractivity contribution in [3.8, 4) is 11.1 Å². The molecule has 0 bridgehead atoms. The molecule has 1 aromatic heterocycles. The van der Waals surface area contributed by atoms with E-state index in [9.17, 15) is 19.2 Å². The molecule has 0 saturated carbocycles. The molecular formula is C44H53N7O5. The number of rotatable bonds is 11. The second kappa shape index (κ2) is 17.1.